The summed E-state index contributed by atoms with van der Waals surface area (Å²) in [5.74, 6) is 0.790. The highest BCUT2D eigenvalue weighted by Crippen LogP contribution is 2.18. The summed E-state index contributed by atoms with van der Waals surface area (Å²) in [4.78, 5) is 4.48. The highest BCUT2D eigenvalue weighted by Gasteiger charge is 2.08. The molecule has 5 nitrogen and oxygen atoms in total. The van der Waals surface area contributed by atoms with Crippen LogP contribution >= 0.6 is 0 Å². The summed E-state index contributed by atoms with van der Waals surface area (Å²) < 4.78 is 15.9. The molecule has 1 aromatic rings. The van der Waals surface area contributed by atoms with Gasteiger partial charge in [-0.15, -0.1) is 0 Å². The van der Waals surface area contributed by atoms with Crippen LogP contribution in [0.5, 0.6) is 5.75 Å². The van der Waals surface area contributed by atoms with Gasteiger partial charge in [-0.05, 0) is 26.0 Å². The van der Waals surface area contributed by atoms with Crippen LogP contribution in [0.2, 0.25) is 0 Å². The summed E-state index contributed by atoms with van der Waals surface area (Å²) in [5, 5.41) is 0. The van der Waals surface area contributed by atoms with Gasteiger partial charge < -0.3 is 19.9 Å². The summed E-state index contributed by atoms with van der Waals surface area (Å²) in [6.45, 7) is 6.14. The molecule has 108 valence electrons. The number of pyridine rings is 1. The molecule has 1 heterocycles. The molecule has 0 aliphatic rings. The molecule has 5 heteroatoms. The number of nitrogens with two attached hydrogens (primary N) is 1. The number of nitrogens with zero attached hydrogens (tertiary/aromatic N) is 1. The Morgan fingerprint density at radius 1 is 1.21 bits per heavy atom. The van der Waals surface area contributed by atoms with E-state index < -0.39 is 0 Å². The van der Waals surface area contributed by atoms with E-state index >= 15 is 0 Å². The van der Waals surface area contributed by atoms with Crippen molar-refractivity contribution in [2.45, 2.75) is 26.3 Å². The minimum absolute atomic E-state index is 0.0644. The predicted octanol–water partition coefficient (Wildman–Crippen LogP) is 1.32. The Kier molecular flexibility index (Phi) is 7.40. The summed E-state index contributed by atoms with van der Waals surface area (Å²) in [7, 11) is 1.65. The number of aromatic nitrogens is 1. The van der Waals surface area contributed by atoms with Gasteiger partial charge in [-0.3, -0.25) is 4.98 Å². The molecular weight excluding hydrogens is 244 g/mol. The van der Waals surface area contributed by atoms with Gasteiger partial charge in [0.2, 0.25) is 0 Å². The van der Waals surface area contributed by atoms with Crippen LogP contribution in [0.4, 0.5) is 0 Å². The van der Waals surface area contributed by atoms with Crippen molar-refractivity contribution in [2.75, 3.05) is 33.5 Å². The molecule has 19 heavy (non-hydrogen) atoms. The fourth-order valence-corrected chi connectivity index (χ4v) is 1.64. The topological polar surface area (TPSA) is 66.6 Å². The molecule has 0 fully saturated rings. The van der Waals surface area contributed by atoms with Gasteiger partial charge in [-0.1, -0.05) is 0 Å². The van der Waals surface area contributed by atoms with Crippen LogP contribution in [0, 0.1) is 6.92 Å². The van der Waals surface area contributed by atoms with Gasteiger partial charge in [0, 0.05) is 25.3 Å². The molecule has 0 aliphatic carbocycles. The SMILES string of the molecule is COCCOCCOc1ccc(C)nc1CC(C)N. The zero-order chi connectivity index (χ0) is 14.1. The lowest BCUT2D eigenvalue weighted by atomic mass is 10.1. The second-order valence-electron chi connectivity index (χ2n) is 4.53. The highest BCUT2D eigenvalue weighted by atomic mass is 16.5. The lowest BCUT2D eigenvalue weighted by Gasteiger charge is -2.13. The van der Waals surface area contributed by atoms with Crippen molar-refractivity contribution in [2.24, 2.45) is 5.73 Å². The monoisotopic (exact) mass is 268 g/mol. The van der Waals surface area contributed by atoms with E-state index in [4.69, 9.17) is 19.9 Å². The number of rotatable bonds is 9. The molecule has 1 aromatic heterocycles. The van der Waals surface area contributed by atoms with Gasteiger partial charge in [0.05, 0.1) is 25.5 Å². The number of hydrogen-bond acceptors (Lipinski definition) is 5. The fraction of sp³-hybridized carbons (Fsp3) is 0.643. The van der Waals surface area contributed by atoms with Gasteiger partial charge >= 0.3 is 0 Å². The number of ether oxygens (including phenoxy) is 3. The maximum atomic E-state index is 5.82. The lowest BCUT2D eigenvalue weighted by Crippen LogP contribution is -2.20. The van der Waals surface area contributed by atoms with Gasteiger partial charge in [0.1, 0.15) is 12.4 Å². The Labute approximate surface area is 115 Å². The maximum absolute atomic E-state index is 5.82. The van der Waals surface area contributed by atoms with Gasteiger partial charge in [-0.25, -0.2) is 0 Å². The molecule has 1 unspecified atom stereocenters. The Hall–Kier alpha value is -1.17. The number of hydrogen-bond donors (Lipinski definition) is 1. The molecule has 0 saturated carbocycles. The molecule has 0 amide bonds. The van der Waals surface area contributed by atoms with Crippen LogP contribution in [0.25, 0.3) is 0 Å². The van der Waals surface area contributed by atoms with Crippen LogP contribution in [0.15, 0.2) is 12.1 Å². The molecule has 0 aromatic carbocycles. The quantitative estimate of drug-likeness (QED) is 0.684. The van der Waals surface area contributed by atoms with E-state index in [1.54, 1.807) is 7.11 Å². The molecule has 0 bridgehead atoms. The van der Waals surface area contributed by atoms with Crippen molar-refractivity contribution < 1.29 is 14.2 Å². The minimum atomic E-state index is 0.0644. The van der Waals surface area contributed by atoms with E-state index in [2.05, 4.69) is 4.98 Å². The van der Waals surface area contributed by atoms with Crippen LogP contribution in [-0.4, -0.2) is 44.6 Å². The van der Waals surface area contributed by atoms with Gasteiger partial charge in [0.25, 0.3) is 0 Å². The smallest absolute Gasteiger partial charge is 0.140 e. The van der Waals surface area contributed by atoms with Crippen molar-refractivity contribution >= 4 is 0 Å². The first-order chi connectivity index (χ1) is 9.13. The molecule has 2 N–H and O–H groups in total. The van der Waals surface area contributed by atoms with E-state index in [-0.39, 0.29) is 6.04 Å². The third-order valence-corrected chi connectivity index (χ3v) is 2.50. The van der Waals surface area contributed by atoms with E-state index in [9.17, 15) is 0 Å². The van der Waals surface area contributed by atoms with Crippen molar-refractivity contribution in [3.05, 3.63) is 23.5 Å². The Balaban J connectivity index is 2.43. The first kappa shape index (κ1) is 15.9. The predicted molar refractivity (Wildman–Crippen MR) is 74.5 cm³/mol. The van der Waals surface area contributed by atoms with Crippen LogP contribution in [0.3, 0.4) is 0 Å². The van der Waals surface area contributed by atoms with Crippen LogP contribution in [-0.2, 0) is 15.9 Å². The minimum Gasteiger partial charge on any atom is -0.489 e. The van der Waals surface area contributed by atoms with Gasteiger partial charge in [-0.2, -0.15) is 0 Å². The first-order valence-electron chi connectivity index (χ1n) is 6.55. The van der Waals surface area contributed by atoms with Gasteiger partial charge in [0.15, 0.2) is 0 Å². The Bertz CT molecular complexity index is 370. The molecule has 1 atom stereocenters. The largest absolute Gasteiger partial charge is 0.489 e. The standard InChI is InChI=1S/C14H24N2O3/c1-11(15)10-13-14(5-4-12(2)16-13)19-9-8-18-7-6-17-3/h4-5,11H,6-10,15H2,1-3H3. The Morgan fingerprint density at radius 3 is 2.63 bits per heavy atom. The van der Waals surface area contributed by atoms with E-state index in [0.717, 1.165) is 17.1 Å². The molecule has 0 radical (unpaired) electrons. The molecule has 0 aliphatic heterocycles. The molecular formula is C14H24N2O3. The van der Waals surface area contributed by atoms with Crippen molar-refractivity contribution in [3.63, 3.8) is 0 Å². The normalized spacial score (nSPS) is 12.4. The van der Waals surface area contributed by atoms with Crippen LogP contribution < -0.4 is 10.5 Å². The molecule has 1 rings (SSSR count). The summed E-state index contributed by atoms with van der Waals surface area (Å²) in [6, 6.07) is 3.94. The average molecular weight is 268 g/mol. The van der Waals surface area contributed by atoms with Crippen LogP contribution in [0.1, 0.15) is 18.3 Å². The summed E-state index contributed by atoms with van der Waals surface area (Å²) in [6.07, 6.45) is 0.710. The number of aryl methyl sites for hydroxylation is 1. The zero-order valence-electron chi connectivity index (χ0n) is 12.0. The van der Waals surface area contributed by atoms with Crippen molar-refractivity contribution in [1.82, 2.24) is 4.98 Å². The second-order valence-corrected chi connectivity index (χ2v) is 4.53. The summed E-state index contributed by atoms with van der Waals surface area (Å²) >= 11 is 0. The highest BCUT2D eigenvalue weighted by molar-refractivity contribution is 5.29. The van der Waals surface area contributed by atoms with E-state index in [0.29, 0.717) is 32.8 Å². The average Bonchev–Trinajstić information content (AvgIpc) is 2.35. The number of methoxy groups -OCH3 is 1. The zero-order valence-corrected chi connectivity index (χ0v) is 12.0. The Morgan fingerprint density at radius 2 is 1.95 bits per heavy atom. The lowest BCUT2D eigenvalue weighted by molar-refractivity contribution is 0.0542. The third kappa shape index (κ3) is 6.52. The second kappa shape index (κ2) is 8.85. The molecule has 0 saturated heterocycles. The first-order valence-corrected chi connectivity index (χ1v) is 6.55. The van der Waals surface area contributed by atoms with Crippen molar-refractivity contribution in [3.8, 4) is 5.75 Å². The van der Waals surface area contributed by atoms with E-state index in [1.807, 2.05) is 26.0 Å². The molecule has 0 spiro atoms. The third-order valence-electron chi connectivity index (χ3n) is 2.50. The van der Waals surface area contributed by atoms with Crippen molar-refractivity contribution in [1.29, 1.82) is 0 Å². The fourth-order valence-electron chi connectivity index (χ4n) is 1.64. The van der Waals surface area contributed by atoms with E-state index in [1.165, 1.54) is 0 Å². The summed E-state index contributed by atoms with van der Waals surface area (Å²) in [5.41, 5.74) is 7.70. The maximum Gasteiger partial charge on any atom is 0.140 e.